The fraction of sp³-hybridized carbons (Fsp3) is 0.250. The summed E-state index contributed by atoms with van der Waals surface area (Å²) in [5.41, 5.74) is 0.208. The lowest BCUT2D eigenvalue weighted by Crippen LogP contribution is -1.99. The number of halogens is 2. The number of nitrogens with zero attached hydrogens (tertiary/aromatic N) is 1. The minimum Gasteiger partial charge on any atom is -0.318 e. The highest BCUT2D eigenvalue weighted by Gasteiger charge is 2.07. The van der Waals surface area contributed by atoms with Crippen molar-refractivity contribution in [3.05, 3.63) is 39.9 Å². The van der Waals surface area contributed by atoms with Crippen molar-refractivity contribution in [1.82, 2.24) is 0 Å². The molecule has 0 radical (unpaired) electrons. The lowest BCUT2D eigenvalue weighted by atomic mass is 10.2. The number of nitro groups is 1. The van der Waals surface area contributed by atoms with Gasteiger partial charge >= 0.3 is 6.61 Å². The lowest BCUT2D eigenvalue weighted by molar-refractivity contribution is -0.385. The molecular formula is C8H7F2NO3. The van der Waals surface area contributed by atoms with Crippen LogP contribution in [0.25, 0.3) is 0 Å². The average Bonchev–Trinajstić information content (AvgIpc) is 2.15. The van der Waals surface area contributed by atoms with E-state index in [1.54, 1.807) is 0 Å². The van der Waals surface area contributed by atoms with E-state index in [4.69, 9.17) is 0 Å². The maximum atomic E-state index is 11.6. The van der Waals surface area contributed by atoms with Crippen molar-refractivity contribution in [1.29, 1.82) is 0 Å². The standard InChI is InChI=1S/C8H7F2NO3/c9-8(10)14-5-6-2-1-3-7(4-6)11(12)13/h1-4,8H,5H2. The van der Waals surface area contributed by atoms with Gasteiger partial charge in [-0.1, -0.05) is 12.1 Å². The number of rotatable bonds is 4. The predicted octanol–water partition coefficient (Wildman–Crippen LogP) is 2.33. The number of hydrogen-bond acceptors (Lipinski definition) is 3. The van der Waals surface area contributed by atoms with Crippen molar-refractivity contribution in [2.45, 2.75) is 13.2 Å². The highest BCUT2D eigenvalue weighted by Crippen LogP contribution is 2.14. The zero-order valence-corrected chi connectivity index (χ0v) is 7.02. The van der Waals surface area contributed by atoms with E-state index < -0.39 is 11.5 Å². The number of non-ortho nitro benzene ring substituents is 1. The van der Waals surface area contributed by atoms with Gasteiger partial charge in [0.2, 0.25) is 0 Å². The van der Waals surface area contributed by atoms with E-state index in [2.05, 4.69) is 4.74 Å². The van der Waals surface area contributed by atoms with Crippen LogP contribution < -0.4 is 0 Å². The van der Waals surface area contributed by atoms with Crippen molar-refractivity contribution in [2.75, 3.05) is 0 Å². The van der Waals surface area contributed by atoms with Crippen LogP contribution in [0.2, 0.25) is 0 Å². The monoisotopic (exact) mass is 203 g/mol. The third kappa shape index (κ3) is 3.06. The molecule has 76 valence electrons. The summed E-state index contributed by atoms with van der Waals surface area (Å²) in [4.78, 5) is 9.72. The Morgan fingerprint density at radius 3 is 2.79 bits per heavy atom. The van der Waals surface area contributed by atoms with Crippen LogP contribution in [0.5, 0.6) is 0 Å². The van der Waals surface area contributed by atoms with Crippen LogP contribution >= 0.6 is 0 Å². The van der Waals surface area contributed by atoms with Gasteiger partial charge in [-0.2, -0.15) is 8.78 Å². The van der Waals surface area contributed by atoms with Gasteiger partial charge in [-0.15, -0.1) is 0 Å². The van der Waals surface area contributed by atoms with Crippen LogP contribution in [0, 0.1) is 10.1 Å². The van der Waals surface area contributed by atoms with Gasteiger partial charge in [0.15, 0.2) is 0 Å². The number of alkyl halides is 2. The summed E-state index contributed by atoms with van der Waals surface area (Å²) < 4.78 is 27.3. The molecule has 0 aliphatic rings. The van der Waals surface area contributed by atoms with Crippen LogP contribution in [-0.2, 0) is 11.3 Å². The summed E-state index contributed by atoms with van der Waals surface area (Å²) in [5.74, 6) is 0. The van der Waals surface area contributed by atoms with Gasteiger partial charge in [-0.25, -0.2) is 0 Å². The smallest absolute Gasteiger partial charge is 0.318 e. The molecule has 0 unspecified atom stereocenters. The SMILES string of the molecule is O=[N+]([O-])c1cccc(COC(F)F)c1. The topological polar surface area (TPSA) is 52.4 Å². The Morgan fingerprint density at radius 2 is 2.21 bits per heavy atom. The van der Waals surface area contributed by atoms with Gasteiger partial charge in [-0.3, -0.25) is 10.1 Å². The Hall–Kier alpha value is -1.56. The van der Waals surface area contributed by atoms with Crippen LogP contribution in [0.15, 0.2) is 24.3 Å². The molecule has 6 heteroatoms. The van der Waals surface area contributed by atoms with Crippen molar-refractivity contribution in [2.24, 2.45) is 0 Å². The van der Waals surface area contributed by atoms with Gasteiger partial charge in [0.05, 0.1) is 11.5 Å². The largest absolute Gasteiger partial charge is 0.345 e. The van der Waals surface area contributed by atoms with Gasteiger partial charge in [0.1, 0.15) is 0 Å². The fourth-order valence-corrected chi connectivity index (χ4v) is 0.919. The number of ether oxygens (including phenoxy) is 1. The van der Waals surface area contributed by atoms with Crippen molar-refractivity contribution in [3.8, 4) is 0 Å². The Morgan fingerprint density at radius 1 is 1.50 bits per heavy atom. The molecule has 0 atom stereocenters. The van der Waals surface area contributed by atoms with Crippen LogP contribution in [0.1, 0.15) is 5.56 Å². The molecular weight excluding hydrogens is 196 g/mol. The minimum atomic E-state index is -2.87. The lowest BCUT2D eigenvalue weighted by Gasteiger charge is -2.01. The van der Waals surface area contributed by atoms with Crippen molar-refractivity contribution in [3.63, 3.8) is 0 Å². The third-order valence-corrected chi connectivity index (χ3v) is 1.50. The van der Waals surface area contributed by atoms with E-state index in [1.165, 1.54) is 24.3 Å². The van der Waals surface area contributed by atoms with Crippen molar-refractivity contribution >= 4 is 5.69 Å². The molecule has 1 rings (SSSR count). The van der Waals surface area contributed by atoms with E-state index in [0.29, 0.717) is 5.56 Å². The molecule has 0 aliphatic carbocycles. The van der Waals surface area contributed by atoms with E-state index in [9.17, 15) is 18.9 Å². The van der Waals surface area contributed by atoms with Gasteiger partial charge in [0.25, 0.3) is 5.69 Å². The molecule has 1 aromatic rings. The Balaban J connectivity index is 2.69. The van der Waals surface area contributed by atoms with E-state index in [0.717, 1.165) is 0 Å². The summed E-state index contributed by atoms with van der Waals surface area (Å²) in [6, 6.07) is 5.38. The zero-order chi connectivity index (χ0) is 10.6. The summed E-state index contributed by atoms with van der Waals surface area (Å²) in [6.07, 6.45) is 0. The molecule has 0 amide bonds. The first kappa shape index (κ1) is 10.5. The van der Waals surface area contributed by atoms with E-state index >= 15 is 0 Å². The summed E-state index contributed by atoms with van der Waals surface area (Å²) >= 11 is 0. The average molecular weight is 203 g/mol. The second kappa shape index (κ2) is 4.61. The van der Waals surface area contributed by atoms with Gasteiger partial charge in [-0.05, 0) is 5.56 Å². The summed E-state index contributed by atoms with van der Waals surface area (Å²) in [7, 11) is 0. The first-order valence-electron chi connectivity index (χ1n) is 3.72. The molecule has 0 bridgehead atoms. The quantitative estimate of drug-likeness (QED) is 0.557. The number of benzene rings is 1. The molecule has 0 N–H and O–H groups in total. The fourth-order valence-electron chi connectivity index (χ4n) is 0.919. The predicted molar refractivity (Wildman–Crippen MR) is 43.9 cm³/mol. The molecule has 0 saturated heterocycles. The summed E-state index contributed by atoms with van der Waals surface area (Å²) in [5, 5.41) is 10.3. The Bertz CT molecular complexity index is 330. The second-order valence-corrected chi connectivity index (χ2v) is 2.50. The van der Waals surface area contributed by atoms with Crippen LogP contribution in [-0.4, -0.2) is 11.5 Å². The maximum absolute atomic E-state index is 11.6. The highest BCUT2D eigenvalue weighted by atomic mass is 19.3. The minimum absolute atomic E-state index is 0.139. The highest BCUT2D eigenvalue weighted by molar-refractivity contribution is 5.33. The number of nitro benzene ring substituents is 1. The molecule has 1 aromatic carbocycles. The third-order valence-electron chi connectivity index (χ3n) is 1.50. The molecule has 0 aromatic heterocycles. The number of hydrogen-bond donors (Lipinski definition) is 0. The normalized spacial score (nSPS) is 10.5. The first-order chi connectivity index (χ1) is 6.59. The van der Waals surface area contributed by atoms with E-state index in [1.807, 2.05) is 0 Å². The molecule has 0 heterocycles. The summed E-state index contributed by atoms with van der Waals surface area (Å²) in [6.45, 7) is -3.20. The Kier molecular flexibility index (Phi) is 3.47. The van der Waals surface area contributed by atoms with Crippen molar-refractivity contribution < 1.29 is 18.4 Å². The van der Waals surface area contributed by atoms with E-state index in [-0.39, 0.29) is 12.3 Å². The Labute approximate surface area is 78.3 Å². The molecule has 0 spiro atoms. The van der Waals surface area contributed by atoms with Crippen LogP contribution in [0.3, 0.4) is 0 Å². The molecule has 4 nitrogen and oxygen atoms in total. The van der Waals surface area contributed by atoms with Gasteiger partial charge < -0.3 is 4.74 Å². The molecule has 0 fully saturated rings. The van der Waals surface area contributed by atoms with Crippen LogP contribution in [0.4, 0.5) is 14.5 Å². The van der Waals surface area contributed by atoms with Gasteiger partial charge in [0, 0.05) is 12.1 Å². The molecule has 14 heavy (non-hydrogen) atoms. The maximum Gasteiger partial charge on any atom is 0.345 e. The second-order valence-electron chi connectivity index (χ2n) is 2.50. The first-order valence-corrected chi connectivity index (χ1v) is 3.72. The molecule has 0 saturated carbocycles. The molecule has 0 aliphatic heterocycles. The zero-order valence-electron chi connectivity index (χ0n) is 7.02.